The van der Waals surface area contributed by atoms with Gasteiger partial charge in [0.05, 0.1) is 48.3 Å². The third-order valence-corrected chi connectivity index (χ3v) is 14.1. The van der Waals surface area contributed by atoms with Crippen LogP contribution >= 0.6 is 38.6 Å². The number of benzene rings is 2. The third kappa shape index (κ3) is 13.4. The molecule has 2 amide bonds. The highest BCUT2D eigenvalue weighted by molar-refractivity contribution is 9.11. The molecule has 6 N–H and O–H groups in total. The predicted octanol–water partition coefficient (Wildman–Crippen LogP) is 10.2. The number of carbonyl (C=O) groups excluding carboxylic acids is 2. The number of alkyl carbamates (subject to hydrolysis) is 2. The predicted molar refractivity (Wildman–Crippen MR) is 248 cm³/mol. The molecule has 2 aromatic carbocycles. The van der Waals surface area contributed by atoms with Gasteiger partial charge in [-0.3, -0.25) is 0 Å². The quantitative estimate of drug-likeness (QED) is 0.0984. The number of nitrogens with two attached hydrogens (primary N) is 2. The zero-order valence-electron chi connectivity index (χ0n) is 36.2. The Bertz CT molecular complexity index is 1980. The summed E-state index contributed by atoms with van der Waals surface area (Å²) >= 11 is 6.89. The molecule has 3 fully saturated rings. The number of nitrogens with zero attached hydrogens (tertiary/aromatic N) is 2. The lowest BCUT2D eigenvalue weighted by Gasteiger charge is -2.32. The van der Waals surface area contributed by atoms with Crippen LogP contribution in [0.2, 0.25) is 0 Å². The van der Waals surface area contributed by atoms with E-state index in [1.807, 2.05) is 116 Å². The normalized spacial score (nSPS) is 21.9. The first kappa shape index (κ1) is 47.4. The van der Waals surface area contributed by atoms with Gasteiger partial charge in [0.25, 0.3) is 0 Å². The number of thiazole rings is 2. The van der Waals surface area contributed by atoms with Crippen LogP contribution in [-0.4, -0.2) is 64.8 Å². The van der Waals surface area contributed by atoms with Crippen LogP contribution < -0.4 is 27.6 Å². The van der Waals surface area contributed by atoms with Crippen molar-refractivity contribution in [3.63, 3.8) is 0 Å². The Morgan fingerprint density at radius 1 is 0.717 bits per heavy atom. The third-order valence-electron chi connectivity index (χ3n) is 11.2. The lowest BCUT2D eigenvalue weighted by Crippen LogP contribution is -2.41. The van der Waals surface area contributed by atoms with Crippen molar-refractivity contribution in [2.45, 2.75) is 154 Å². The zero-order chi connectivity index (χ0) is 43.6. The van der Waals surface area contributed by atoms with Gasteiger partial charge in [0, 0.05) is 52.5 Å². The van der Waals surface area contributed by atoms with Gasteiger partial charge in [0.2, 0.25) is 0 Å². The number of hydrogen-bond donors (Lipinski definition) is 4. The fraction of sp³-hybridized carbons (Fsp3) is 0.545. The number of anilines is 2. The first-order chi connectivity index (χ1) is 28.4. The molecule has 1 saturated heterocycles. The summed E-state index contributed by atoms with van der Waals surface area (Å²) in [5.74, 6) is 0.998. The van der Waals surface area contributed by atoms with Gasteiger partial charge in [-0.05, 0) is 135 Å². The van der Waals surface area contributed by atoms with Crippen molar-refractivity contribution in [3.05, 3.63) is 74.7 Å². The van der Waals surface area contributed by atoms with E-state index in [4.69, 9.17) is 30.2 Å². The van der Waals surface area contributed by atoms with Crippen LogP contribution in [0.4, 0.5) is 21.0 Å². The van der Waals surface area contributed by atoms with E-state index in [0.29, 0.717) is 17.5 Å². The first-order valence-electron chi connectivity index (χ1n) is 21.0. The fourth-order valence-electron chi connectivity index (χ4n) is 7.27. The molecular weight excluding hydrogens is 863 g/mol. The van der Waals surface area contributed by atoms with Gasteiger partial charge in [-0.15, -0.1) is 22.7 Å². The highest BCUT2D eigenvalue weighted by atomic mass is 79.9. The minimum absolute atomic E-state index is 0.0657. The molecule has 16 heteroatoms. The maximum absolute atomic E-state index is 11.7. The van der Waals surface area contributed by atoms with E-state index >= 15 is 0 Å². The smallest absolute Gasteiger partial charge is 0.447 e. The van der Waals surface area contributed by atoms with E-state index in [-0.39, 0.29) is 54.8 Å². The number of hydrogen-bond acceptors (Lipinski definition) is 12. The summed E-state index contributed by atoms with van der Waals surface area (Å²) < 4.78 is 23.2. The van der Waals surface area contributed by atoms with Crippen molar-refractivity contribution in [2.75, 3.05) is 11.5 Å². The SMILES string of the molecule is CC(C)OC(=O)NC1CCC(c2ncc(-c3ccccc3N)s2)CC1.CC(C)OC(=O)NC1CCC(c2ncc(Br)s2)CC1.CC1(C)OB(c2ccccc2N)OC1(C)C. The molecular formula is C44H62BBrN6O6S2. The average Bonchev–Trinajstić information content (AvgIpc) is 3.90. The molecule has 0 bridgehead atoms. The Labute approximate surface area is 372 Å². The van der Waals surface area contributed by atoms with Crippen LogP contribution in [0, 0.1) is 0 Å². The van der Waals surface area contributed by atoms with Crippen molar-refractivity contribution in [1.29, 1.82) is 0 Å². The largest absolute Gasteiger partial charge is 0.496 e. The number of aromatic nitrogens is 2. The number of amides is 2. The van der Waals surface area contributed by atoms with E-state index in [2.05, 4.69) is 36.5 Å². The Morgan fingerprint density at radius 3 is 1.62 bits per heavy atom. The summed E-state index contributed by atoms with van der Waals surface area (Å²) in [6, 6.07) is 16.0. The van der Waals surface area contributed by atoms with Gasteiger partial charge in [-0.2, -0.15) is 0 Å². The minimum atomic E-state index is -0.369. The topological polar surface area (TPSA) is 173 Å². The van der Waals surface area contributed by atoms with Gasteiger partial charge >= 0.3 is 19.3 Å². The number of carbonyl (C=O) groups is 2. The van der Waals surface area contributed by atoms with Gasteiger partial charge in [0.15, 0.2) is 0 Å². The summed E-state index contributed by atoms with van der Waals surface area (Å²) in [5, 5.41) is 8.28. The molecule has 12 nitrogen and oxygen atoms in total. The highest BCUT2D eigenvalue weighted by Crippen LogP contribution is 2.40. The Kier molecular flexibility index (Phi) is 16.9. The standard InChI is InChI=1S/C19H25N3O2S.C13H19BrN2O2S.C12H18BNO2/c1-12(2)24-19(23)22-14-9-7-13(8-10-14)18-21-11-17(25-18)15-5-3-4-6-16(15)20;1-8(2)18-13(17)16-10-5-3-9(4-6-10)12-15-7-11(14)19-12;1-11(2)12(3,4)16-13(15-11)9-7-5-6-8-10(9)14/h3-6,11-14H,7-10,20H2,1-2H3,(H,22,23);7-10H,3-6H2,1-2H3,(H,16,17);5-8H,14H2,1-4H3. The van der Waals surface area contributed by atoms with Gasteiger partial charge < -0.3 is 40.9 Å². The number of nitrogen functional groups attached to an aromatic ring is 2. The average molecular weight is 926 g/mol. The molecule has 7 rings (SSSR count). The van der Waals surface area contributed by atoms with Crippen LogP contribution in [0.3, 0.4) is 0 Å². The molecule has 1 aliphatic heterocycles. The van der Waals surface area contributed by atoms with Crippen molar-refractivity contribution in [2.24, 2.45) is 0 Å². The zero-order valence-corrected chi connectivity index (χ0v) is 39.4. The molecule has 4 aromatic rings. The van der Waals surface area contributed by atoms with Gasteiger partial charge in [-0.25, -0.2) is 19.6 Å². The van der Waals surface area contributed by atoms with Gasteiger partial charge in [-0.1, -0.05) is 36.4 Å². The van der Waals surface area contributed by atoms with Gasteiger partial charge in [0.1, 0.15) is 0 Å². The number of halogens is 1. The van der Waals surface area contributed by atoms with Crippen molar-refractivity contribution < 1.29 is 28.4 Å². The van der Waals surface area contributed by atoms with Crippen LogP contribution in [0.1, 0.15) is 129 Å². The van der Waals surface area contributed by atoms with Crippen molar-refractivity contribution in [3.8, 4) is 10.4 Å². The van der Waals surface area contributed by atoms with Crippen LogP contribution in [0.5, 0.6) is 0 Å². The Morgan fingerprint density at radius 2 is 1.17 bits per heavy atom. The fourth-order valence-corrected chi connectivity index (χ4v) is 9.82. The second-order valence-electron chi connectivity index (χ2n) is 17.2. The lowest BCUT2D eigenvalue weighted by atomic mass is 9.78. The second kappa shape index (κ2) is 21.4. The minimum Gasteiger partial charge on any atom is -0.447 e. The molecule has 2 saturated carbocycles. The molecule has 3 heterocycles. The maximum atomic E-state index is 11.7. The summed E-state index contributed by atoms with van der Waals surface area (Å²) in [4.78, 5) is 33.4. The molecule has 0 unspecified atom stereocenters. The van der Waals surface area contributed by atoms with Crippen LogP contribution in [0.25, 0.3) is 10.4 Å². The molecule has 0 atom stereocenters. The summed E-state index contributed by atoms with van der Waals surface area (Å²) in [5.41, 5.74) is 14.8. The van der Waals surface area contributed by atoms with Crippen LogP contribution in [0.15, 0.2) is 64.7 Å². The second-order valence-corrected chi connectivity index (χ2v) is 20.7. The van der Waals surface area contributed by atoms with E-state index in [1.54, 1.807) is 22.7 Å². The summed E-state index contributed by atoms with van der Waals surface area (Å²) in [6.45, 7) is 15.6. The molecule has 2 aromatic heterocycles. The molecule has 60 heavy (non-hydrogen) atoms. The Balaban J connectivity index is 0.000000176. The summed E-state index contributed by atoms with van der Waals surface area (Å²) in [7, 11) is -0.369. The number of para-hydroxylation sites is 2. The van der Waals surface area contributed by atoms with Crippen molar-refractivity contribution in [1.82, 2.24) is 20.6 Å². The number of nitrogens with one attached hydrogen (secondary N) is 2. The summed E-state index contributed by atoms with van der Waals surface area (Å²) in [6.07, 6.45) is 11.2. The Hall–Kier alpha value is -3.70. The lowest BCUT2D eigenvalue weighted by molar-refractivity contribution is 0.00578. The first-order valence-corrected chi connectivity index (χ1v) is 23.4. The molecule has 0 spiro atoms. The molecule has 3 aliphatic rings. The van der Waals surface area contributed by atoms with E-state index in [1.165, 1.54) is 10.0 Å². The van der Waals surface area contributed by atoms with E-state index < -0.39 is 0 Å². The number of rotatable bonds is 8. The molecule has 326 valence electrons. The van der Waals surface area contributed by atoms with E-state index in [0.717, 1.165) is 76.7 Å². The van der Waals surface area contributed by atoms with Crippen LogP contribution in [-0.2, 0) is 18.8 Å². The maximum Gasteiger partial charge on any atom is 0.496 e. The van der Waals surface area contributed by atoms with E-state index in [9.17, 15) is 9.59 Å². The molecule has 2 aliphatic carbocycles. The monoisotopic (exact) mass is 924 g/mol. The number of ether oxygens (including phenoxy) is 2. The van der Waals surface area contributed by atoms with Crippen molar-refractivity contribution >= 4 is 74.7 Å². The molecule has 0 radical (unpaired) electrons. The highest BCUT2D eigenvalue weighted by Gasteiger charge is 2.52.